The van der Waals surface area contributed by atoms with Gasteiger partial charge in [-0.3, -0.25) is 29.1 Å². The first kappa shape index (κ1) is 46.7. The summed E-state index contributed by atoms with van der Waals surface area (Å²) >= 11 is 0. The zero-order chi connectivity index (χ0) is 45.5. The number of fused-ring (bicyclic) bond motifs is 1. The molecule has 344 valence electrons. The lowest BCUT2D eigenvalue weighted by Crippen LogP contribution is -2.46. The van der Waals surface area contributed by atoms with Crippen molar-refractivity contribution in [3.63, 3.8) is 0 Å². The highest BCUT2D eigenvalue weighted by Gasteiger charge is 2.25. The molecule has 0 bridgehead atoms. The van der Waals surface area contributed by atoms with Crippen molar-refractivity contribution >= 4 is 34.4 Å². The fourth-order valence-corrected chi connectivity index (χ4v) is 8.59. The Labute approximate surface area is 381 Å². The molecule has 7 rings (SSSR count). The number of piperidine rings is 1. The molecule has 5 aromatic rings. The quantitative estimate of drug-likeness (QED) is 0.0734. The van der Waals surface area contributed by atoms with Crippen molar-refractivity contribution in [2.45, 2.75) is 71.4 Å². The largest absolute Gasteiger partial charge is 0.497 e. The number of likely N-dealkylation sites (tertiary alicyclic amines) is 1. The Bertz CT molecular complexity index is 2450. The summed E-state index contributed by atoms with van der Waals surface area (Å²) < 4.78 is 11.1. The third-order valence-corrected chi connectivity index (χ3v) is 12.3. The van der Waals surface area contributed by atoms with Crippen molar-refractivity contribution in [3.8, 4) is 11.5 Å². The van der Waals surface area contributed by atoms with Crippen LogP contribution in [-0.2, 0) is 24.3 Å². The van der Waals surface area contributed by atoms with Gasteiger partial charge < -0.3 is 40.2 Å². The van der Waals surface area contributed by atoms with Gasteiger partial charge >= 0.3 is 0 Å². The van der Waals surface area contributed by atoms with E-state index < -0.39 is 0 Å². The van der Waals surface area contributed by atoms with Gasteiger partial charge in [-0.25, -0.2) is 4.98 Å². The number of carbonyl (C=O) groups is 3. The molecule has 3 aromatic heterocycles. The molecule has 3 amide bonds. The number of piperazine rings is 1. The number of hydrogen-bond donors (Lipinski definition) is 4. The minimum atomic E-state index is -0.200. The van der Waals surface area contributed by atoms with E-state index in [1.54, 1.807) is 19.4 Å². The van der Waals surface area contributed by atoms with E-state index in [9.17, 15) is 19.2 Å². The van der Waals surface area contributed by atoms with Gasteiger partial charge in [0.25, 0.3) is 17.4 Å². The van der Waals surface area contributed by atoms with E-state index in [2.05, 4.69) is 40.7 Å². The fourth-order valence-electron chi connectivity index (χ4n) is 8.59. The summed E-state index contributed by atoms with van der Waals surface area (Å²) in [4.78, 5) is 70.1. The van der Waals surface area contributed by atoms with E-state index in [-0.39, 0.29) is 35.7 Å². The third kappa shape index (κ3) is 12.7. The molecule has 0 aliphatic carbocycles. The number of aryl methyl sites for hydroxylation is 1. The summed E-state index contributed by atoms with van der Waals surface area (Å²) in [5.74, 6) is 1.38. The van der Waals surface area contributed by atoms with Crippen LogP contribution < -0.4 is 35.9 Å². The molecule has 15 heteroatoms. The van der Waals surface area contributed by atoms with Gasteiger partial charge in [-0.2, -0.15) is 0 Å². The number of carbonyl (C=O) groups excluding carboxylic acids is 3. The Morgan fingerprint density at radius 1 is 0.846 bits per heavy atom. The molecule has 2 aliphatic heterocycles. The Balaban J connectivity index is 0.765. The van der Waals surface area contributed by atoms with Gasteiger partial charge in [0.15, 0.2) is 0 Å². The number of benzene rings is 2. The standard InChI is InChI=1S/C50H63N9O6/c1-4-36-27-44-45(56-49(36)62)25-35(29-54-44)33-57-21-23-58(24-22-57)41-15-17-43(55-31-41)50(63)53-19-8-6-7-18-52-48(61)38-12-9-11-37(26-38)40-13-10-20-59(34-40)47(60)32-51-30-39-14-16-42(64-3)28-46(39)65-5-2/h9,11-12,14-17,25-29,31,40,51H,4-8,10,13,18-24,30,32-34H2,1-3H3,(H,52,61)(H,53,63)(H,56,62). The highest BCUT2D eigenvalue weighted by atomic mass is 16.5. The molecule has 1 unspecified atom stereocenters. The second kappa shape index (κ2) is 23.0. The maximum Gasteiger partial charge on any atom is 0.269 e. The fraction of sp³-hybridized carbons (Fsp3) is 0.440. The van der Waals surface area contributed by atoms with Crippen molar-refractivity contribution < 1.29 is 23.9 Å². The molecule has 2 saturated heterocycles. The van der Waals surface area contributed by atoms with Crippen LogP contribution in [0.3, 0.4) is 0 Å². The molecule has 65 heavy (non-hydrogen) atoms. The number of ether oxygens (including phenoxy) is 2. The average molecular weight is 886 g/mol. The molecule has 5 heterocycles. The van der Waals surface area contributed by atoms with Gasteiger partial charge in [0.2, 0.25) is 5.91 Å². The summed E-state index contributed by atoms with van der Waals surface area (Å²) in [7, 11) is 1.62. The predicted molar refractivity (Wildman–Crippen MR) is 253 cm³/mol. The minimum Gasteiger partial charge on any atom is -0.497 e. The number of hydrogen-bond acceptors (Lipinski definition) is 11. The molecule has 1 atom stereocenters. The van der Waals surface area contributed by atoms with Crippen molar-refractivity contribution in [3.05, 3.63) is 123 Å². The monoisotopic (exact) mass is 885 g/mol. The molecule has 2 fully saturated rings. The summed E-state index contributed by atoms with van der Waals surface area (Å²) in [5, 5.41) is 9.31. The summed E-state index contributed by atoms with van der Waals surface area (Å²) in [5.41, 5.74) is 7.36. The number of rotatable bonds is 20. The molecule has 2 aromatic carbocycles. The van der Waals surface area contributed by atoms with Crippen molar-refractivity contribution in [2.75, 3.05) is 77.5 Å². The number of pyridine rings is 3. The zero-order valence-corrected chi connectivity index (χ0v) is 38.0. The Hall–Kier alpha value is -6.32. The van der Waals surface area contributed by atoms with Gasteiger partial charge in [0.1, 0.15) is 17.2 Å². The molecule has 0 radical (unpaired) electrons. The van der Waals surface area contributed by atoms with Crippen LogP contribution in [0.4, 0.5) is 5.69 Å². The predicted octanol–water partition coefficient (Wildman–Crippen LogP) is 5.44. The van der Waals surface area contributed by atoms with E-state index in [1.165, 1.54) is 0 Å². The molecular formula is C50H63N9O6. The number of nitrogens with one attached hydrogen (secondary N) is 4. The van der Waals surface area contributed by atoms with Crippen LogP contribution in [0, 0.1) is 0 Å². The SMILES string of the molecule is CCOc1cc(OC)ccc1CNCC(=O)N1CCCC(c2cccc(C(=O)NCCCCCNC(=O)c3ccc(N4CCN(Cc5cnc6cc(CC)c(=O)[nH]c6c5)CC4)cn3)c2)C1. The molecule has 2 aliphatic rings. The van der Waals surface area contributed by atoms with Gasteiger partial charge in [-0.05, 0) is 99.0 Å². The summed E-state index contributed by atoms with van der Waals surface area (Å²) in [6.07, 6.45) is 8.63. The average Bonchev–Trinajstić information content (AvgIpc) is 3.34. The normalized spacial score (nSPS) is 15.5. The number of aromatic nitrogens is 3. The van der Waals surface area contributed by atoms with E-state index in [4.69, 9.17) is 9.47 Å². The van der Waals surface area contributed by atoms with E-state index >= 15 is 0 Å². The van der Waals surface area contributed by atoms with E-state index in [0.29, 0.717) is 50.5 Å². The maximum absolute atomic E-state index is 13.2. The number of unbranched alkanes of at least 4 members (excludes halogenated alkanes) is 2. The number of anilines is 1. The highest BCUT2D eigenvalue weighted by Crippen LogP contribution is 2.28. The van der Waals surface area contributed by atoms with E-state index in [1.807, 2.05) is 85.6 Å². The Morgan fingerprint density at radius 2 is 1.66 bits per heavy atom. The first-order valence-corrected chi connectivity index (χ1v) is 23.1. The molecule has 4 N–H and O–H groups in total. The van der Waals surface area contributed by atoms with E-state index in [0.717, 1.165) is 122 Å². The Morgan fingerprint density at radius 3 is 2.42 bits per heavy atom. The lowest BCUT2D eigenvalue weighted by atomic mass is 9.89. The molecule has 15 nitrogen and oxygen atoms in total. The van der Waals surface area contributed by atoms with Crippen LogP contribution in [0.5, 0.6) is 11.5 Å². The summed E-state index contributed by atoms with van der Waals surface area (Å²) in [6.45, 7) is 11.8. The van der Waals surface area contributed by atoms with Crippen LogP contribution >= 0.6 is 0 Å². The van der Waals surface area contributed by atoms with Crippen LogP contribution in [-0.4, -0.2) is 115 Å². The smallest absolute Gasteiger partial charge is 0.269 e. The van der Waals surface area contributed by atoms with Crippen LogP contribution in [0.25, 0.3) is 11.0 Å². The van der Waals surface area contributed by atoms with Gasteiger partial charge in [0, 0.05) is 100 Å². The number of nitrogens with zero attached hydrogens (tertiary/aromatic N) is 5. The lowest BCUT2D eigenvalue weighted by molar-refractivity contribution is -0.131. The van der Waals surface area contributed by atoms with Crippen molar-refractivity contribution in [1.82, 2.24) is 40.7 Å². The van der Waals surface area contributed by atoms with Crippen molar-refractivity contribution in [1.29, 1.82) is 0 Å². The number of methoxy groups -OCH3 is 1. The number of amides is 3. The topological polar surface area (TPSA) is 174 Å². The maximum atomic E-state index is 13.2. The second-order valence-corrected chi connectivity index (χ2v) is 16.8. The highest BCUT2D eigenvalue weighted by molar-refractivity contribution is 5.94. The van der Waals surface area contributed by atoms with Crippen LogP contribution in [0.1, 0.15) is 95.0 Å². The van der Waals surface area contributed by atoms with Gasteiger partial charge in [-0.15, -0.1) is 0 Å². The van der Waals surface area contributed by atoms with Crippen molar-refractivity contribution in [2.24, 2.45) is 0 Å². The first-order chi connectivity index (χ1) is 31.7. The lowest BCUT2D eigenvalue weighted by Gasteiger charge is -2.36. The van der Waals surface area contributed by atoms with Crippen LogP contribution in [0.2, 0.25) is 0 Å². The zero-order valence-electron chi connectivity index (χ0n) is 38.0. The molecule has 0 saturated carbocycles. The second-order valence-electron chi connectivity index (χ2n) is 16.8. The first-order valence-electron chi connectivity index (χ1n) is 23.1. The number of aromatic amines is 1. The van der Waals surface area contributed by atoms with Gasteiger partial charge in [-0.1, -0.05) is 25.1 Å². The Kier molecular flexibility index (Phi) is 16.5. The minimum absolute atomic E-state index is 0.0522. The summed E-state index contributed by atoms with van der Waals surface area (Å²) in [6, 6.07) is 21.1. The molecular weight excluding hydrogens is 823 g/mol. The van der Waals surface area contributed by atoms with Crippen LogP contribution in [0.15, 0.2) is 83.9 Å². The third-order valence-electron chi connectivity index (χ3n) is 12.3. The molecule has 0 spiro atoms. The van der Waals surface area contributed by atoms with Gasteiger partial charge in [0.05, 0.1) is 43.2 Å². The number of H-pyrrole nitrogens is 1.